The third kappa shape index (κ3) is 4.79. The number of nitrogens with zero attached hydrogens (tertiary/aromatic N) is 1. The van der Waals surface area contributed by atoms with Gasteiger partial charge < -0.3 is 20.1 Å². The van der Waals surface area contributed by atoms with Crippen LogP contribution in [0.25, 0.3) is 0 Å². The van der Waals surface area contributed by atoms with Crippen LogP contribution in [-0.4, -0.2) is 69.3 Å². The lowest BCUT2D eigenvalue weighted by Crippen LogP contribution is -2.38. The number of carbonyl (C=O) groups excluding carboxylic acids is 2. The van der Waals surface area contributed by atoms with Crippen molar-refractivity contribution in [3.05, 3.63) is 64.7 Å². The van der Waals surface area contributed by atoms with Crippen LogP contribution in [0.4, 0.5) is 0 Å². The molecule has 2 atom stereocenters. The van der Waals surface area contributed by atoms with Crippen molar-refractivity contribution in [3.63, 3.8) is 0 Å². The van der Waals surface area contributed by atoms with E-state index in [4.69, 9.17) is 9.47 Å². The van der Waals surface area contributed by atoms with Gasteiger partial charge in [-0.25, -0.2) is 0 Å². The normalized spacial score (nSPS) is 20.3. The highest BCUT2D eigenvalue weighted by Gasteiger charge is 2.36. The molecule has 2 N–H and O–H groups in total. The largest absolute Gasteiger partial charge is 0.489 e. The average molecular weight is 438 g/mol. The standard InChI is InChI=1S/C25H31N3O4/c1-17-22(18-7-4-3-5-8-18)20-15-19(16-21(23(20)32-17)25(30)26-2)24(29)27-9-6-10-28-11-13-31-14-12-28/h3-5,7-8,15-17,22H,6,9-14H2,1-2H3,(H,26,30)(H,27,29)/t17-,22+/m1/s1. The molecule has 170 valence electrons. The van der Waals surface area contributed by atoms with E-state index in [1.165, 1.54) is 0 Å². The van der Waals surface area contributed by atoms with Gasteiger partial charge in [0.25, 0.3) is 11.8 Å². The van der Waals surface area contributed by atoms with Gasteiger partial charge in [0.05, 0.1) is 18.8 Å². The number of hydrogen-bond acceptors (Lipinski definition) is 5. The molecule has 0 radical (unpaired) electrons. The van der Waals surface area contributed by atoms with Crippen LogP contribution in [0.15, 0.2) is 42.5 Å². The molecular formula is C25H31N3O4. The highest BCUT2D eigenvalue weighted by molar-refractivity contribution is 6.02. The quantitative estimate of drug-likeness (QED) is 0.651. The topological polar surface area (TPSA) is 79.9 Å². The van der Waals surface area contributed by atoms with Crippen molar-refractivity contribution in [1.82, 2.24) is 15.5 Å². The van der Waals surface area contributed by atoms with Gasteiger partial charge in [0, 0.05) is 43.7 Å². The van der Waals surface area contributed by atoms with Crippen LogP contribution in [0.3, 0.4) is 0 Å². The van der Waals surface area contributed by atoms with Gasteiger partial charge in [-0.05, 0) is 37.6 Å². The van der Waals surface area contributed by atoms with E-state index >= 15 is 0 Å². The van der Waals surface area contributed by atoms with Crippen LogP contribution in [0.5, 0.6) is 5.75 Å². The molecule has 7 heteroatoms. The summed E-state index contributed by atoms with van der Waals surface area (Å²) in [5.74, 6) is 0.0914. The van der Waals surface area contributed by atoms with Crippen LogP contribution >= 0.6 is 0 Å². The van der Waals surface area contributed by atoms with Crippen molar-refractivity contribution in [1.29, 1.82) is 0 Å². The summed E-state index contributed by atoms with van der Waals surface area (Å²) < 4.78 is 11.5. The van der Waals surface area contributed by atoms with Gasteiger partial charge in [-0.2, -0.15) is 0 Å². The minimum atomic E-state index is -0.260. The predicted molar refractivity (Wildman–Crippen MR) is 122 cm³/mol. The molecule has 0 bridgehead atoms. The molecule has 2 heterocycles. The van der Waals surface area contributed by atoms with E-state index in [0.717, 1.165) is 50.4 Å². The Hall–Kier alpha value is -2.90. The number of carbonyl (C=O) groups is 2. The number of rotatable bonds is 7. The maximum absolute atomic E-state index is 13.0. The fraction of sp³-hybridized carbons (Fsp3) is 0.440. The minimum absolute atomic E-state index is 0.0383. The monoisotopic (exact) mass is 437 g/mol. The first-order valence-electron chi connectivity index (χ1n) is 11.3. The molecule has 2 amide bonds. The van der Waals surface area contributed by atoms with Crippen molar-refractivity contribution in [3.8, 4) is 5.75 Å². The first-order chi connectivity index (χ1) is 15.6. The van der Waals surface area contributed by atoms with Crippen LogP contribution in [0.2, 0.25) is 0 Å². The van der Waals surface area contributed by atoms with E-state index in [2.05, 4.69) is 27.7 Å². The Bertz CT molecular complexity index is 957. The molecule has 0 unspecified atom stereocenters. The molecular weight excluding hydrogens is 406 g/mol. The van der Waals surface area contributed by atoms with E-state index in [0.29, 0.717) is 23.4 Å². The van der Waals surface area contributed by atoms with Crippen molar-refractivity contribution in [2.75, 3.05) is 46.4 Å². The van der Waals surface area contributed by atoms with E-state index in [9.17, 15) is 9.59 Å². The predicted octanol–water partition coefficient (Wildman–Crippen LogP) is 2.41. The number of morpholine rings is 1. The molecule has 0 aromatic heterocycles. The molecule has 2 aliphatic rings. The lowest BCUT2D eigenvalue weighted by Gasteiger charge is -2.26. The number of nitrogens with one attached hydrogen (secondary N) is 2. The Morgan fingerprint density at radius 1 is 1.09 bits per heavy atom. The van der Waals surface area contributed by atoms with Gasteiger partial charge in [0.1, 0.15) is 11.9 Å². The minimum Gasteiger partial charge on any atom is -0.489 e. The fourth-order valence-electron chi connectivity index (χ4n) is 4.50. The second kappa shape index (κ2) is 10.1. The van der Waals surface area contributed by atoms with Crippen LogP contribution in [0.1, 0.15) is 51.1 Å². The molecule has 2 aromatic rings. The summed E-state index contributed by atoms with van der Waals surface area (Å²) in [6, 6.07) is 13.6. The Morgan fingerprint density at radius 3 is 2.56 bits per heavy atom. The molecule has 32 heavy (non-hydrogen) atoms. The number of hydrogen-bond donors (Lipinski definition) is 2. The number of benzene rings is 2. The summed E-state index contributed by atoms with van der Waals surface area (Å²) in [4.78, 5) is 27.9. The molecule has 2 aromatic carbocycles. The zero-order valence-electron chi connectivity index (χ0n) is 18.7. The van der Waals surface area contributed by atoms with E-state index in [1.807, 2.05) is 31.2 Å². The average Bonchev–Trinajstić information content (AvgIpc) is 3.17. The first-order valence-corrected chi connectivity index (χ1v) is 11.3. The maximum Gasteiger partial charge on any atom is 0.254 e. The van der Waals surface area contributed by atoms with E-state index < -0.39 is 0 Å². The smallest absolute Gasteiger partial charge is 0.254 e. The van der Waals surface area contributed by atoms with E-state index in [-0.39, 0.29) is 23.8 Å². The van der Waals surface area contributed by atoms with Gasteiger partial charge >= 0.3 is 0 Å². The van der Waals surface area contributed by atoms with Crippen molar-refractivity contribution < 1.29 is 19.1 Å². The molecule has 1 saturated heterocycles. The van der Waals surface area contributed by atoms with E-state index in [1.54, 1.807) is 13.1 Å². The third-order valence-corrected chi connectivity index (χ3v) is 6.16. The Balaban J connectivity index is 1.53. The summed E-state index contributed by atoms with van der Waals surface area (Å²) in [6.45, 7) is 6.92. The zero-order chi connectivity index (χ0) is 22.5. The number of fused-ring (bicyclic) bond motifs is 1. The second-order valence-corrected chi connectivity index (χ2v) is 8.30. The fourth-order valence-corrected chi connectivity index (χ4v) is 4.50. The molecule has 0 saturated carbocycles. The Kier molecular flexibility index (Phi) is 7.07. The summed E-state index contributed by atoms with van der Waals surface area (Å²) >= 11 is 0. The van der Waals surface area contributed by atoms with Crippen LogP contribution in [0, 0.1) is 0 Å². The summed E-state index contributed by atoms with van der Waals surface area (Å²) in [6.07, 6.45) is 0.730. The van der Waals surface area contributed by atoms with Gasteiger partial charge in [-0.15, -0.1) is 0 Å². The highest BCUT2D eigenvalue weighted by atomic mass is 16.5. The summed E-state index contributed by atoms with van der Waals surface area (Å²) in [7, 11) is 1.58. The number of ether oxygens (including phenoxy) is 2. The zero-order valence-corrected chi connectivity index (χ0v) is 18.7. The molecule has 4 rings (SSSR count). The molecule has 2 aliphatic heterocycles. The molecule has 1 fully saturated rings. The van der Waals surface area contributed by atoms with Crippen LogP contribution in [-0.2, 0) is 4.74 Å². The highest BCUT2D eigenvalue weighted by Crippen LogP contribution is 2.44. The lowest BCUT2D eigenvalue weighted by molar-refractivity contribution is 0.0374. The van der Waals surface area contributed by atoms with Crippen molar-refractivity contribution >= 4 is 11.8 Å². The lowest BCUT2D eigenvalue weighted by atomic mass is 9.87. The Labute approximate surface area is 189 Å². The summed E-state index contributed by atoms with van der Waals surface area (Å²) in [5.41, 5.74) is 2.86. The molecule has 7 nitrogen and oxygen atoms in total. The van der Waals surface area contributed by atoms with Crippen LogP contribution < -0.4 is 15.4 Å². The summed E-state index contributed by atoms with van der Waals surface area (Å²) in [5, 5.41) is 5.68. The molecule has 0 aliphatic carbocycles. The number of amides is 2. The SMILES string of the molecule is CNC(=O)c1cc(C(=O)NCCCN2CCOCC2)cc2c1O[C@H](C)[C@H]2c1ccccc1. The van der Waals surface area contributed by atoms with Gasteiger partial charge in [-0.3, -0.25) is 14.5 Å². The molecule has 0 spiro atoms. The van der Waals surface area contributed by atoms with Crippen molar-refractivity contribution in [2.45, 2.75) is 25.4 Å². The second-order valence-electron chi connectivity index (χ2n) is 8.30. The maximum atomic E-state index is 13.0. The van der Waals surface area contributed by atoms with Gasteiger partial charge in [-0.1, -0.05) is 30.3 Å². The third-order valence-electron chi connectivity index (χ3n) is 6.16. The van der Waals surface area contributed by atoms with Gasteiger partial charge in [0.15, 0.2) is 0 Å². The Morgan fingerprint density at radius 2 is 1.84 bits per heavy atom. The first kappa shape index (κ1) is 22.3. The van der Waals surface area contributed by atoms with Crippen molar-refractivity contribution in [2.24, 2.45) is 0 Å². The van der Waals surface area contributed by atoms with Gasteiger partial charge in [0.2, 0.25) is 0 Å².